The monoisotopic (exact) mass is 290 g/mol. The van der Waals surface area contributed by atoms with Gasteiger partial charge in [-0.1, -0.05) is 29.8 Å². The van der Waals surface area contributed by atoms with Gasteiger partial charge in [0.2, 0.25) is 0 Å². The van der Waals surface area contributed by atoms with E-state index in [1.54, 1.807) is 18.0 Å². The van der Waals surface area contributed by atoms with Crippen LogP contribution in [0.1, 0.15) is 11.1 Å². The summed E-state index contributed by atoms with van der Waals surface area (Å²) in [6.07, 6.45) is 3.85. The van der Waals surface area contributed by atoms with E-state index in [0.29, 0.717) is 0 Å². The van der Waals surface area contributed by atoms with Gasteiger partial charge in [-0.2, -0.15) is 5.10 Å². The molecule has 2 rings (SSSR count). The van der Waals surface area contributed by atoms with Crippen molar-refractivity contribution < 1.29 is 0 Å². The topological polar surface area (TPSA) is 24.4 Å². The Morgan fingerprint density at radius 2 is 1.89 bits per heavy atom. The van der Waals surface area contributed by atoms with Crippen molar-refractivity contribution in [3.8, 4) is 0 Å². The number of hydrogen-bond donors (Lipinski definition) is 1. The summed E-state index contributed by atoms with van der Waals surface area (Å²) in [6, 6.07) is 14.0. The first kappa shape index (κ1) is 14.0. The molecule has 0 spiro atoms. The molecule has 0 aliphatic heterocycles. The second-order valence-corrected chi connectivity index (χ2v) is 5.39. The molecular weight excluding hydrogens is 276 g/mol. The third-order valence-electron chi connectivity index (χ3n) is 2.69. The van der Waals surface area contributed by atoms with Crippen LogP contribution < -0.4 is 5.43 Å². The Kier molecular flexibility index (Phi) is 4.88. The van der Waals surface area contributed by atoms with Crippen molar-refractivity contribution in [3.05, 3.63) is 58.6 Å². The summed E-state index contributed by atoms with van der Waals surface area (Å²) < 4.78 is 0. The highest BCUT2D eigenvalue weighted by Crippen LogP contribution is 2.20. The van der Waals surface area contributed by atoms with E-state index in [4.69, 9.17) is 11.6 Å². The fraction of sp³-hybridized carbons (Fsp3) is 0.133. The Balaban J connectivity index is 2.00. The molecule has 98 valence electrons. The molecule has 0 fully saturated rings. The average molecular weight is 291 g/mol. The molecule has 0 radical (unpaired) electrons. The van der Waals surface area contributed by atoms with Crippen molar-refractivity contribution in [1.29, 1.82) is 0 Å². The number of hydrazone groups is 1. The van der Waals surface area contributed by atoms with Gasteiger partial charge < -0.3 is 0 Å². The molecule has 4 heteroatoms. The summed E-state index contributed by atoms with van der Waals surface area (Å²) in [7, 11) is 0. The van der Waals surface area contributed by atoms with Gasteiger partial charge in [0, 0.05) is 9.92 Å². The molecule has 0 aromatic heterocycles. The predicted molar refractivity (Wildman–Crippen MR) is 85.6 cm³/mol. The molecular formula is C15H15ClN2S. The number of nitrogens with zero attached hydrogens (tertiary/aromatic N) is 1. The van der Waals surface area contributed by atoms with Crippen molar-refractivity contribution in [2.24, 2.45) is 5.10 Å². The normalized spacial score (nSPS) is 10.9. The zero-order valence-corrected chi connectivity index (χ0v) is 12.4. The van der Waals surface area contributed by atoms with Gasteiger partial charge in [-0.05, 0) is 48.6 Å². The largest absolute Gasteiger partial charge is 0.278 e. The summed E-state index contributed by atoms with van der Waals surface area (Å²) >= 11 is 7.78. The van der Waals surface area contributed by atoms with E-state index in [1.807, 2.05) is 37.3 Å². The molecule has 0 saturated carbocycles. The third-order valence-corrected chi connectivity index (χ3v) is 3.85. The van der Waals surface area contributed by atoms with E-state index in [0.717, 1.165) is 21.8 Å². The molecule has 0 atom stereocenters. The van der Waals surface area contributed by atoms with Crippen molar-refractivity contribution in [3.63, 3.8) is 0 Å². The molecule has 0 unspecified atom stereocenters. The number of rotatable bonds is 4. The molecule has 0 heterocycles. The number of halogens is 1. The summed E-state index contributed by atoms with van der Waals surface area (Å²) in [5, 5.41) is 4.94. The van der Waals surface area contributed by atoms with E-state index in [9.17, 15) is 0 Å². The number of nitrogens with one attached hydrogen (secondary N) is 1. The maximum absolute atomic E-state index is 6.05. The molecule has 0 saturated heterocycles. The fourth-order valence-electron chi connectivity index (χ4n) is 1.53. The summed E-state index contributed by atoms with van der Waals surface area (Å²) in [4.78, 5) is 1.25. The van der Waals surface area contributed by atoms with E-state index in [-0.39, 0.29) is 0 Å². The maximum Gasteiger partial charge on any atom is 0.0576 e. The minimum Gasteiger partial charge on any atom is -0.278 e. The first-order valence-corrected chi connectivity index (χ1v) is 7.48. The first-order chi connectivity index (χ1) is 9.19. The lowest BCUT2D eigenvalue weighted by Crippen LogP contribution is -1.91. The highest BCUT2D eigenvalue weighted by Gasteiger charge is 1.96. The second kappa shape index (κ2) is 6.64. The Labute approximate surface area is 122 Å². The van der Waals surface area contributed by atoms with Crippen LogP contribution in [0, 0.1) is 6.92 Å². The first-order valence-electron chi connectivity index (χ1n) is 5.88. The van der Waals surface area contributed by atoms with Crippen molar-refractivity contribution >= 4 is 35.3 Å². The van der Waals surface area contributed by atoms with Gasteiger partial charge in [-0.25, -0.2) is 0 Å². The van der Waals surface area contributed by atoms with E-state index in [1.165, 1.54) is 4.90 Å². The summed E-state index contributed by atoms with van der Waals surface area (Å²) in [5.74, 6) is 0. The Hall–Kier alpha value is -1.45. The van der Waals surface area contributed by atoms with Crippen LogP contribution in [0.3, 0.4) is 0 Å². The highest BCUT2D eigenvalue weighted by atomic mass is 35.5. The average Bonchev–Trinajstić information content (AvgIpc) is 2.43. The molecule has 2 aromatic rings. The molecule has 0 aliphatic carbocycles. The van der Waals surface area contributed by atoms with Crippen molar-refractivity contribution in [2.45, 2.75) is 11.8 Å². The summed E-state index contributed by atoms with van der Waals surface area (Å²) in [5.41, 5.74) is 5.97. The lowest BCUT2D eigenvalue weighted by atomic mass is 10.2. The number of thioether (sulfide) groups is 1. The standard InChI is InChI=1S/C15H15ClN2S/c1-11-3-6-13(9-15(11)16)18-17-10-12-4-7-14(19-2)8-5-12/h3-10,18H,1-2H3/b17-10+. The minimum atomic E-state index is 0.740. The van der Waals surface area contributed by atoms with Crippen LogP contribution in [-0.2, 0) is 0 Å². The fourth-order valence-corrected chi connectivity index (χ4v) is 2.12. The molecule has 2 nitrogen and oxygen atoms in total. The third kappa shape index (κ3) is 4.01. The lowest BCUT2D eigenvalue weighted by molar-refractivity contribution is 1.33. The Bertz CT molecular complexity index is 579. The van der Waals surface area contributed by atoms with Gasteiger partial charge >= 0.3 is 0 Å². The van der Waals surface area contributed by atoms with E-state index >= 15 is 0 Å². The Morgan fingerprint density at radius 1 is 1.16 bits per heavy atom. The zero-order valence-electron chi connectivity index (χ0n) is 10.9. The maximum atomic E-state index is 6.05. The molecule has 0 aliphatic rings. The second-order valence-electron chi connectivity index (χ2n) is 4.11. The number of anilines is 1. The molecule has 0 bridgehead atoms. The number of hydrogen-bond acceptors (Lipinski definition) is 3. The van der Waals surface area contributed by atoms with Crippen LogP contribution >= 0.6 is 23.4 Å². The SMILES string of the molecule is CSc1ccc(/C=N/Nc2ccc(C)c(Cl)c2)cc1. The van der Waals surface area contributed by atoms with Crippen LogP contribution in [0.2, 0.25) is 5.02 Å². The van der Waals surface area contributed by atoms with Crippen LogP contribution in [0.15, 0.2) is 52.5 Å². The van der Waals surface area contributed by atoms with E-state index in [2.05, 4.69) is 28.9 Å². The molecule has 0 amide bonds. The van der Waals surface area contributed by atoms with Gasteiger partial charge in [0.15, 0.2) is 0 Å². The van der Waals surface area contributed by atoms with Crippen molar-refractivity contribution in [2.75, 3.05) is 11.7 Å². The summed E-state index contributed by atoms with van der Waals surface area (Å²) in [6.45, 7) is 1.97. The predicted octanol–water partition coefficient (Wildman–Crippen LogP) is 4.82. The molecule has 19 heavy (non-hydrogen) atoms. The van der Waals surface area contributed by atoms with Crippen molar-refractivity contribution in [1.82, 2.24) is 0 Å². The van der Waals surface area contributed by atoms with Crippen LogP contribution in [-0.4, -0.2) is 12.5 Å². The van der Waals surface area contributed by atoms with Gasteiger partial charge in [-0.15, -0.1) is 11.8 Å². The van der Waals surface area contributed by atoms with Crippen LogP contribution in [0.5, 0.6) is 0 Å². The molecule has 1 N–H and O–H groups in total. The zero-order chi connectivity index (χ0) is 13.7. The minimum absolute atomic E-state index is 0.740. The van der Waals surface area contributed by atoms with E-state index < -0.39 is 0 Å². The smallest absolute Gasteiger partial charge is 0.0576 e. The van der Waals surface area contributed by atoms with Gasteiger partial charge in [0.05, 0.1) is 11.9 Å². The lowest BCUT2D eigenvalue weighted by Gasteiger charge is -2.03. The number of benzene rings is 2. The van der Waals surface area contributed by atoms with Gasteiger partial charge in [0.1, 0.15) is 0 Å². The molecule has 2 aromatic carbocycles. The Morgan fingerprint density at radius 3 is 2.53 bits per heavy atom. The van der Waals surface area contributed by atoms with Gasteiger partial charge in [0.25, 0.3) is 0 Å². The quantitative estimate of drug-likeness (QED) is 0.496. The highest BCUT2D eigenvalue weighted by molar-refractivity contribution is 7.98. The van der Waals surface area contributed by atoms with Gasteiger partial charge in [-0.3, -0.25) is 5.43 Å². The number of aryl methyl sites for hydroxylation is 1. The van der Waals surface area contributed by atoms with Crippen LogP contribution in [0.25, 0.3) is 0 Å². The van der Waals surface area contributed by atoms with Crippen LogP contribution in [0.4, 0.5) is 5.69 Å².